The molecule has 0 saturated heterocycles. The highest BCUT2D eigenvalue weighted by atomic mass is 16.5. The van der Waals surface area contributed by atoms with Gasteiger partial charge in [0.1, 0.15) is 30.3 Å². The quantitative estimate of drug-likeness (QED) is 0.444. The maximum absolute atomic E-state index is 12.4. The normalized spacial score (nSPS) is 10.5. The lowest BCUT2D eigenvalue weighted by molar-refractivity contribution is 0.347. The van der Waals surface area contributed by atoms with Crippen molar-refractivity contribution < 1.29 is 13.9 Å². The Morgan fingerprint density at radius 3 is 2.42 bits per heavy atom. The van der Waals surface area contributed by atoms with Gasteiger partial charge in [0.15, 0.2) is 0 Å². The van der Waals surface area contributed by atoms with Gasteiger partial charge in [0, 0.05) is 24.1 Å². The molecule has 3 rings (SSSR count). The molecular formula is C22H20O4. The SMILES string of the molecule is C=CCOc1cc(OCC=C)c2cc(Cc3ccccc3)c(=O)oc2c1. The molecule has 0 aliphatic rings. The smallest absolute Gasteiger partial charge is 0.339 e. The van der Waals surface area contributed by atoms with Crippen molar-refractivity contribution in [2.45, 2.75) is 6.42 Å². The fourth-order valence-corrected chi connectivity index (χ4v) is 2.65. The summed E-state index contributed by atoms with van der Waals surface area (Å²) in [6.45, 7) is 8.00. The van der Waals surface area contributed by atoms with Crippen LogP contribution in [0.25, 0.3) is 11.0 Å². The molecule has 0 N–H and O–H groups in total. The first-order chi connectivity index (χ1) is 12.7. The van der Waals surface area contributed by atoms with Gasteiger partial charge >= 0.3 is 5.63 Å². The molecule has 4 nitrogen and oxygen atoms in total. The van der Waals surface area contributed by atoms with E-state index in [0.717, 1.165) is 10.9 Å². The molecule has 0 unspecified atom stereocenters. The van der Waals surface area contributed by atoms with Gasteiger partial charge in [0.05, 0.1) is 5.39 Å². The van der Waals surface area contributed by atoms with Crippen molar-refractivity contribution in [2.75, 3.05) is 13.2 Å². The third-order valence-electron chi connectivity index (χ3n) is 3.82. The standard InChI is InChI=1S/C22H20O4/c1-3-10-24-18-14-20(25-11-4-2)19-13-17(22(23)26-21(19)15-18)12-16-8-6-5-7-9-16/h3-9,13-15H,1-2,10-12H2. The molecule has 0 spiro atoms. The highest BCUT2D eigenvalue weighted by Crippen LogP contribution is 2.31. The van der Waals surface area contributed by atoms with E-state index in [9.17, 15) is 4.79 Å². The summed E-state index contributed by atoms with van der Waals surface area (Å²) in [5, 5.41) is 0.725. The topological polar surface area (TPSA) is 48.7 Å². The molecule has 2 aromatic carbocycles. The summed E-state index contributed by atoms with van der Waals surface area (Å²) in [5.41, 5.74) is 1.68. The number of hydrogen-bond acceptors (Lipinski definition) is 4. The fourth-order valence-electron chi connectivity index (χ4n) is 2.65. The Morgan fingerprint density at radius 1 is 0.962 bits per heavy atom. The van der Waals surface area contributed by atoms with E-state index in [1.807, 2.05) is 36.4 Å². The van der Waals surface area contributed by atoms with E-state index in [2.05, 4.69) is 13.2 Å². The van der Waals surface area contributed by atoms with Crippen LogP contribution in [0.3, 0.4) is 0 Å². The van der Waals surface area contributed by atoms with Gasteiger partial charge in [-0.3, -0.25) is 0 Å². The number of fused-ring (bicyclic) bond motifs is 1. The maximum atomic E-state index is 12.4. The van der Waals surface area contributed by atoms with Crippen molar-refractivity contribution in [3.05, 3.63) is 95.4 Å². The minimum Gasteiger partial charge on any atom is -0.489 e. The largest absolute Gasteiger partial charge is 0.489 e. The van der Waals surface area contributed by atoms with Crippen molar-refractivity contribution in [3.63, 3.8) is 0 Å². The average molecular weight is 348 g/mol. The number of ether oxygens (including phenoxy) is 2. The van der Waals surface area contributed by atoms with Crippen LogP contribution >= 0.6 is 0 Å². The zero-order valence-electron chi connectivity index (χ0n) is 14.4. The zero-order chi connectivity index (χ0) is 18.4. The molecule has 0 saturated carbocycles. The molecule has 1 heterocycles. The first-order valence-electron chi connectivity index (χ1n) is 8.33. The lowest BCUT2D eigenvalue weighted by Gasteiger charge is -2.11. The molecular weight excluding hydrogens is 328 g/mol. The molecule has 0 aliphatic carbocycles. The predicted molar refractivity (Wildman–Crippen MR) is 103 cm³/mol. The number of hydrogen-bond donors (Lipinski definition) is 0. The van der Waals surface area contributed by atoms with Crippen LogP contribution in [0.15, 0.2) is 83.1 Å². The summed E-state index contributed by atoms with van der Waals surface area (Å²) < 4.78 is 16.9. The molecule has 1 aromatic heterocycles. The Balaban J connectivity index is 2.06. The Labute approximate surface area is 152 Å². The highest BCUT2D eigenvalue weighted by Gasteiger charge is 2.13. The second kappa shape index (κ2) is 8.21. The van der Waals surface area contributed by atoms with Crippen LogP contribution in [-0.4, -0.2) is 13.2 Å². The van der Waals surface area contributed by atoms with Crippen molar-refractivity contribution in [2.24, 2.45) is 0 Å². The molecule has 0 radical (unpaired) electrons. The first kappa shape index (κ1) is 17.5. The Kier molecular flexibility index (Phi) is 5.54. The molecule has 0 bridgehead atoms. The van der Waals surface area contributed by atoms with Gasteiger partial charge in [-0.1, -0.05) is 55.6 Å². The lowest BCUT2D eigenvalue weighted by Crippen LogP contribution is -2.08. The van der Waals surface area contributed by atoms with Crippen molar-refractivity contribution in [1.29, 1.82) is 0 Å². The number of rotatable bonds is 8. The van der Waals surface area contributed by atoms with Gasteiger partial charge in [-0.05, 0) is 11.6 Å². The molecule has 132 valence electrons. The first-order valence-corrected chi connectivity index (χ1v) is 8.33. The van der Waals surface area contributed by atoms with Gasteiger partial charge < -0.3 is 13.9 Å². The van der Waals surface area contributed by atoms with Gasteiger partial charge in [-0.25, -0.2) is 4.79 Å². The molecule has 0 amide bonds. The molecule has 26 heavy (non-hydrogen) atoms. The van der Waals surface area contributed by atoms with Crippen molar-refractivity contribution in [3.8, 4) is 11.5 Å². The third-order valence-corrected chi connectivity index (χ3v) is 3.82. The highest BCUT2D eigenvalue weighted by molar-refractivity contribution is 5.85. The van der Waals surface area contributed by atoms with Crippen LogP contribution in [0.5, 0.6) is 11.5 Å². The average Bonchev–Trinajstić information content (AvgIpc) is 2.66. The minimum atomic E-state index is -0.364. The molecule has 0 aliphatic heterocycles. The molecule has 3 aromatic rings. The molecule has 4 heteroatoms. The number of benzene rings is 2. The van der Waals surface area contributed by atoms with Gasteiger partial charge in [0.2, 0.25) is 0 Å². The summed E-state index contributed by atoms with van der Waals surface area (Å²) >= 11 is 0. The molecule has 0 atom stereocenters. The van der Waals surface area contributed by atoms with Crippen molar-refractivity contribution in [1.82, 2.24) is 0 Å². The van der Waals surface area contributed by atoms with Crippen LogP contribution in [0, 0.1) is 0 Å². The predicted octanol–water partition coefficient (Wildman–Crippen LogP) is 4.51. The van der Waals surface area contributed by atoms with Crippen LogP contribution in [0.2, 0.25) is 0 Å². The van der Waals surface area contributed by atoms with E-state index in [0.29, 0.717) is 42.3 Å². The van der Waals surface area contributed by atoms with E-state index < -0.39 is 0 Å². The zero-order valence-corrected chi connectivity index (χ0v) is 14.4. The minimum absolute atomic E-state index is 0.340. The Morgan fingerprint density at radius 2 is 1.69 bits per heavy atom. The Hall–Kier alpha value is -3.27. The van der Waals surface area contributed by atoms with Crippen LogP contribution in [0.4, 0.5) is 0 Å². The summed E-state index contributed by atoms with van der Waals surface area (Å²) in [6.07, 6.45) is 3.80. The van der Waals surface area contributed by atoms with Crippen LogP contribution < -0.4 is 15.1 Å². The second-order valence-corrected chi connectivity index (χ2v) is 5.75. The van der Waals surface area contributed by atoms with E-state index in [1.54, 1.807) is 24.3 Å². The van der Waals surface area contributed by atoms with Crippen molar-refractivity contribution >= 4 is 11.0 Å². The van der Waals surface area contributed by atoms with Gasteiger partial charge in [-0.15, -0.1) is 0 Å². The van der Waals surface area contributed by atoms with E-state index >= 15 is 0 Å². The summed E-state index contributed by atoms with van der Waals surface area (Å²) in [4.78, 5) is 12.4. The van der Waals surface area contributed by atoms with Gasteiger partial charge in [-0.2, -0.15) is 0 Å². The summed E-state index contributed by atoms with van der Waals surface area (Å²) in [6, 6.07) is 15.1. The van der Waals surface area contributed by atoms with E-state index in [-0.39, 0.29) is 5.63 Å². The fraction of sp³-hybridized carbons (Fsp3) is 0.136. The summed E-state index contributed by atoms with van der Waals surface area (Å²) in [7, 11) is 0. The Bertz CT molecular complexity index is 971. The third kappa shape index (κ3) is 4.03. The van der Waals surface area contributed by atoms with Crippen LogP contribution in [0.1, 0.15) is 11.1 Å². The summed E-state index contributed by atoms with van der Waals surface area (Å²) in [5.74, 6) is 1.13. The molecule has 0 fully saturated rings. The van der Waals surface area contributed by atoms with E-state index in [4.69, 9.17) is 13.9 Å². The second-order valence-electron chi connectivity index (χ2n) is 5.75. The lowest BCUT2D eigenvalue weighted by atomic mass is 10.0. The van der Waals surface area contributed by atoms with Gasteiger partial charge in [0.25, 0.3) is 0 Å². The monoisotopic (exact) mass is 348 g/mol. The van der Waals surface area contributed by atoms with Crippen LogP contribution in [-0.2, 0) is 6.42 Å². The van der Waals surface area contributed by atoms with E-state index in [1.165, 1.54) is 0 Å². The maximum Gasteiger partial charge on any atom is 0.339 e.